The third-order valence-electron chi connectivity index (χ3n) is 2.97. The topological polar surface area (TPSA) is 17.1 Å². The number of hydrogen-bond donors (Lipinski definition) is 0. The average molecular weight is 252 g/mol. The van der Waals surface area contributed by atoms with E-state index in [1.807, 2.05) is 24.3 Å². The maximum atomic E-state index is 12.0. The van der Waals surface area contributed by atoms with Crippen LogP contribution in [0.25, 0.3) is 0 Å². The highest BCUT2D eigenvalue weighted by Gasteiger charge is 2.02. The SMILES string of the molecule is CCCCCCCC[S@@](=O)c1ccc(C)cc1. The molecule has 1 nitrogen and oxygen atoms in total. The largest absolute Gasteiger partial charge is 0.254 e. The Morgan fingerprint density at radius 2 is 1.53 bits per heavy atom. The number of hydrogen-bond acceptors (Lipinski definition) is 1. The van der Waals surface area contributed by atoms with Gasteiger partial charge in [-0.3, -0.25) is 4.21 Å². The van der Waals surface area contributed by atoms with E-state index in [9.17, 15) is 4.21 Å². The Morgan fingerprint density at radius 3 is 2.18 bits per heavy atom. The molecular formula is C15H24OS. The fourth-order valence-electron chi connectivity index (χ4n) is 1.82. The fraction of sp³-hybridized carbons (Fsp3) is 0.600. The molecule has 0 radical (unpaired) electrons. The van der Waals surface area contributed by atoms with Gasteiger partial charge in [-0.05, 0) is 25.5 Å². The monoisotopic (exact) mass is 252 g/mol. The third-order valence-corrected chi connectivity index (χ3v) is 4.42. The van der Waals surface area contributed by atoms with Crippen molar-refractivity contribution in [1.29, 1.82) is 0 Å². The second kappa shape index (κ2) is 8.46. The number of benzene rings is 1. The molecule has 0 saturated heterocycles. The van der Waals surface area contributed by atoms with Gasteiger partial charge in [0.25, 0.3) is 0 Å². The van der Waals surface area contributed by atoms with E-state index in [2.05, 4.69) is 13.8 Å². The molecular weight excluding hydrogens is 228 g/mol. The van der Waals surface area contributed by atoms with E-state index in [1.165, 1.54) is 37.7 Å². The molecule has 0 fully saturated rings. The van der Waals surface area contributed by atoms with Crippen LogP contribution in [0.1, 0.15) is 51.0 Å². The Morgan fingerprint density at radius 1 is 0.941 bits per heavy atom. The molecule has 0 unspecified atom stereocenters. The predicted molar refractivity (Wildman–Crippen MR) is 75.8 cm³/mol. The number of aryl methyl sites for hydroxylation is 1. The Bertz CT molecular complexity index is 329. The van der Waals surface area contributed by atoms with E-state index in [4.69, 9.17) is 0 Å². The van der Waals surface area contributed by atoms with Crippen molar-refractivity contribution in [3.63, 3.8) is 0 Å². The highest BCUT2D eigenvalue weighted by atomic mass is 32.2. The Hall–Kier alpha value is -0.630. The highest BCUT2D eigenvalue weighted by molar-refractivity contribution is 7.85. The zero-order valence-electron chi connectivity index (χ0n) is 11.1. The van der Waals surface area contributed by atoms with Crippen LogP contribution >= 0.6 is 0 Å². The fourth-order valence-corrected chi connectivity index (χ4v) is 2.96. The van der Waals surface area contributed by atoms with Crippen molar-refractivity contribution >= 4 is 10.8 Å². The van der Waals surface area contributed by atoms with Crippen LogP contribution in [-0.4, -0.2) is 9.96 Å². The van der Waals surface area contributed by atoms with Gasteiger partial charge in [0.1, 0.15) is 0 Å². The van der Waals surface area contributed by atoms with Gasteiger partial charge in [-0.2, -0.15) is 0 Å². The molecule has 1 atom stereocenters. The van der Waals surface area contributed by atoms with Gasteiger partial charge in [-0.25, -0.2) is 0 Å². The molecule has 0 N–H and O–H groups in total. The van der Waals surface area contributed by atoms with Crippen molar-refractivity contribution in [2.75, 3.05) is 5.75 Å². The lowest BCUT2D eigenvalue weighted by Crippen LogP contribution is -1.98. The lowest BCUT2D eigenvalue weighted by atomic mass is 10.1. The van der Waals surface area contributed by atoms with Crippen molar-refractivity contribution in [3.8, 4) is 0 Å². The first-order valence-corrected chi connectivity index (χ1v) is 8.01. The summed E-state index contributed by atoms with van der Waals surface area (Å²) in [5.74, 6) is 0.815. The molecule has 0 bridgehead atoms. The minimum atomic E-state index is -0.799. The van der Waals surface area contributed by atoms with Crippen LogP contribution in [0.15, 0.2) is 29.2 Å². The summed E-state index contributed by atoms with van der Waals surface area (Å²) < 4.78 is 12.0. The molecule has 0 amide bonds. The molecule has 2 heteroatoms. The van der Waals surface area contributed by atoms with Crippen molar-refractivity contribution in [1.82, 2.24) is 0 Å². The molecule has 0 aliphatic carbocycles. The Labute approximate surface area is 108 Å². The number of rotatable bonds is 8. The first-order chi connectivity index (χ1) is 8.24. The molecule has 17 heavy (non-hydrogen) atoms. The smallest absolute Gasteiger partial charge is 0.0529 e. The van der Waals surface area contributed by atoms with Crippen LogP contribution < -0.4 is 0 Å². The lowest BCUT2D eigenvalue weighted by Gasteiger charge is -2.03. The minimum Gasteiger partial charge on any atom is -0.254 e. The molecule has 0 heterocycles. The molecule has 96 valence electrons. The molecule has 1 rings (SSSR count). The second-order valence-electron chi connectivity index (χ2n) is 4.63. The summed E-state index contributed by atoms with van der Waals surface area (Å²) in [6.07, 6.45) is 7.55. The second-order valence-corrected chi connectivity index (χ2v) is 6.20. The van der Waals surface area contributed by atoms with E-state index in [0.29, 0.717) is 0 Å². The summed E-state index contributed by atoms with van der Waals surface area (Å²) in [4.78, 5) is 0.976. The van der Waals surface area contributed by atoms with Crippen molar-refractivity contribution in [2.45, 2.75) is 57.3 Å². The number of unbranched alkanes of at least 4 members (excludes halogenated alkanes) is 5. The van der Waals surface area contributed by atoms with Gasteiger partial charge in [-0.1, -0.05) is 56.7 Å². The summed E-state index contributed by atoms with van der Waals surface area (Å²) >= 11 is 0. The first kappa shape index (κ1) is 14.4. The van der Waals surface area contributed by atoms with Crippen molar-refractivity contribution < 1.29 is 4.21 Å². The van der Waals surface area contributed by atoms with Gasteiger partial charge >= 0.3 is 0 Å². The van der Waals surface area contributed by atoms with Crippen molar-refractivity contribution in [3.05, 3.63) is 29.8 Å². The maximum absolute atomic E-state index is 12.0. The van der Waals surface area contributed by atoms with Crippen LogP contribution in [0.5, 0.6) is 0 Å². The van der Waals surface area contributed by atoms with E-state index in [-0.39, 0.29) is 0 Å². The third kappa shape index (κ3) is 6.02. The standard InChI is InChI=1S/C15H24OS/c1-3-4-5-6-7-8-13-17(16)15-11-9-14(2)10-12-15/h9-12H,3-8,13H2,1-2H3/t17-/m1/s1. The normalized spacial score (nSPS) is 12.6. The summed E-state index contributed by atoms with van der Waals surface area (Å²) in [6, 6.07) is 8.05. The lowest BCUT2D eigenvalue weighted by molar-refractivity contribution is 0.622. The Balaban J connectivity index is 2.19. The molecule has 1 aromatic rings. The zero-order valence-corrected chi connectivity index (χ0v) is 11.9. The van der Waals surface area contributed by atoms with Crippen LogP contribution in [0.4, 0.5) is 0 Å². The summed E-state index contributed by atoms with van der Waals surface area (Å²) in [5.41, 5.74) is 1.23. The minimum absolute atomic E-state index is 0.799. The summed E-state index contributed by atoms with van der Waals surface area (Å²) in [5, 5.41) is 0. The van der Waals surface area contributed by atoms with Gasteiger partial charge in [0.15, 0.2) is 0 Å². The molecule has 0 aliphatic rings. The van der Waals surface area contributed by atoms with Gasteiger partial charge in [0.05, 0.1) is 10.8 Å². The van der Waals surface area contributed by atoms with E-state index >= 15 is 0 Å². The average Bonchev–Trinajstić information content (AvgIpc) is 2.34. The van der Waals surface area contributed by atoms with Crippen LogP contribution in [0.2, 0.25) is 0 Å². The molecule has 0 aromatic heterocycles. The Kier molecular flexibility index (Phi) is 7.18. The van der Waals surface area contributed by atoms with Gasteiger partial charge in [-0.15, -0.1) is 0 Å². The van der Waals surface area contributed by atoms with E-state index in [1.54, 1.807) is 0 Å². The predicted octanol–water partition coefficient (Wildman–Crippen LogP) is 4.46. The van der Waals surface area contributed by atoms with Crippen LogP contribution in [-0.2, 0) is 10.8 Å². The molecule has 0 aliphatic heterocycles. The van der Waals surface area contributed by atoms with Gasteiger partial charge in [0.2, 0.25) is 0 Å². The highest BCUT2D eigenvalue weighted by Crippen LogP contribution is 2.11. The first-order valence-electron chi connectivity index (χ1n) is 6.69. The van der Waals surface area contributed by atoms with Gasteiger partial charge < -0.3 is 0 Å². The van der Waals surface area contributed by atoms with Crippen LogP contribution in [0.3, 0.4) is 0 Å². The van der Waals surface area contributed by atoms with Crippen molar-refractivity contribution in [2.24, 2.45) is 0 Å². The molecule has 0 spiro atoms. The van der Waals surface area contributed by atoms with Crippen LogP contribution in [0, 0.1) is 6.92 Å². The van der Waals surface area contributed by atoms with E-state index in [0.717, 1.165) is 17.1 Å². The summed E-state index contributed by atoms with van der Waals surface area (Å²) in [7, 11) is -0.799. The van der Waals surface area contributed by atoms with E-state index < -0.39 is 10.8 Å². The zero-order chi connectivity index (χ0) is 12.5. The quantitative estimate of drug-likeness (QED) is 0.624. The molecule has 1 aromatic carbocycles. The maximum Gasteiger partial charge on any atom is 0.0529 e. The summed E-state index contributed by atoms with van der Waals surface area (Å²) in [6.45, 7) is 4.28. The van der Waals surface area contributed by atoms with Gasteiger partial charge in [0, 0.05) is 10.6 Å². The molecule has 0 saturated carbocycles.